The van der Waals surface area contributed by atoms with Gasteiger partial charge in [0.05, 0.1) is 11.4 Å². The van der Waals surface area contributed by atoms with Crippen molar-refractivity contribution in [1.29, 1.82) is 0 Å². The topological polar surface area (TPSA) is 96.3 Å². The van der Waals surface area contributed by atoms with Crippen molar-refractivity contribution in [3.63, 3.8) is 0 Å². The maximum Gasteiger partial charge on any atom is 0.325 e. The Hall–Kier alpha value is -3.16. The summed E-state index contributed by atoms with van der Waals surface area (Å²) in [6.45, 7) is 7.52. The standard InChI is InChI=1S/C21H27N5O3/c1-5-21(6-2)19(28)25(20(29)23-21)13-18(27)22-12-17-14(3)24-26(15(17)4)16-10-8-7-9-11-16/h7-11H,5-6,12-13H2,1-4H3,(H,22,27)(H,23,29). The zero-order chi connectivity index (χ0) is 21.2. The molecule has 0 unspecified atom stereocenters. The Morgan fingerprint density at radius 1 is 1.14 bits per heavy atom. The van der Waals surface area contributed by atoms with Crippen molar-refractivity contribution in [2.75, 3.05) is 6.54 Å². The van der Waals surface area contributed by atoms with Crippen molar-refractivity contribution in [1.82, 2.24) is 25.3 Å². The SMILES string of the molecule is CCC1(CC)NC(=O)N(CC(=O)NCc2c(C)nn(-c3ccccc3)c2C)C1=O. The molecule has 29 heavy (non-hydrogen) atoms. The first-order valence-corrected chi connectivity index (χ1v) is 9.84. The number of nitrogens with zero attached hydrogens (tertiary/aromatic N) is 3. The molecule has 0 bridgehead atoms. The number of hydrogen-bond donors (Lipinski definition) is 2. The van der Waals surface area contributed by atoms with E-state index in [0.29, 0.717) is 12.8 Å². The summed E-state index contributed by atoms with van der Waals surface area (Å²) in [5.74, 6) is -0.727. The summed E-state index contributed by atoms with van der Waals surface area (Å²) in [6, 6.07) is 9.24. The first-order valence-electron chi connectivity index (χ1n) is 9.84. The van der Waals surface area contributed by atoms with Gasteiger partial charge in [0.2, 0.25) is 5.91 Å². The first-order chi connectivity index (χ1) is 13.8. The predicted octanol–water partition coefficient (Wildman–Crippen LogP) is 2.22. The van der Waals surface area contributed by atoms with Gasteiger partial charge in [-0.15, -0.1) is 0 Å². The van der Waals surface area contributed by atoms with Crippen LogP contribution >= 0.6 is 0 Å². The van der Waals surface area contributed by atoms with E-state index >= 15 is 0 Å². The summed E-state index contributed by atoms with van der Waals surface area (Å²) >= 11 is 0. The van der Waals surface area contributed by atoms with Gasteiger partial charge in [-0.3, -0.25) is 14.5 Å². The number of aryl methyl sites for hydroxylation is 1. The number of benzene rings is 1. The van der Waals surface area contributed by atoms with Gasteiger partial charge in [-0.05, 0) is 38.8 Å². The lowest BCUT2D eigenvalue weighted by Crippen LogP contribution is -2.46. The maximum absolute atomic E-state index is 12.6. The van der Waals surface area contributed by atoms with Crippen LogP contribution in [0.2, 0.25) is 0 Å². The third-order valence-electron chi connectivity index (χ3n) is 5.66. The third kappa shape index (κ3) is 3.74. The number of rotatable bonds is 7. The Labute approximate surface area is 170 Å². The molecule has 8 heteroatoms. The van der Waals surface area contributed by atoms with Crippen LogP contribution in [0, 0.1) is 13.8 Å². The Morgan fingerprint density at radius 2 is 1.79 bits per heavy atom. The number of carbonyl (C=O) groups is 3. The average molecular weight is 397 g/mol. The van der Waals surface area contributed by atoms with Crippen LogP contribution in [0.4, 0.5) is 4.79 Å². The molecule has 0 radical (unpaired) electrons. The van der Waals surface area contributed by atoms with E-state index in [9.17, 15) is 14.4 Å². The Bertz CT molecular complexity index is 931. The lowest BCUT2D eigenvalue weighted by molar-refractivity contribution is -0.135. The summed E-state index contributed by atoms with van der Waals surface area (Å²) < 4.78 is 1.84. The zero-order valence-electron chi connectivity index (χ0n) is 17.3. The molecule has 8 nitrogen and oxygen atoms in total. The van der Waals surface area contributed by atoms with Crippen LogP contribution in [0.25, 0.3) is 5.69 Å². The normalized spacial score (nSPS) is 15.5. The van der Waals surface area contributed by atoms with Gasteiger partial charge in [-0.2, -0.15) is 5.10 Å². The maximum atomic E-state index is 12.6. The smallest absolute Gasteiger partial charge is 0.325 e. The highest BCUT2D eigenvalue weighted by atomic mass is 16.2. The molecule has 154 valence electrons. The van der Waals surface area contributed by atoms with Crippen LogP contribution in [0.5, 0.6) is 0 Å². The quantitative estimate of drug-likeness (QED) is 0.700. The molecule has 4 amide bonds. The van der Waals surface area contributed by atoms with E-state index in [1.54, 1.807) is 0 Å². The molecule has 1 aromatic carbocycles. The van der Waals surface area contributed by atoms with Crippen molar-refractivity contribution in [3.8, 4) is 5.69 Å². The monoisotopic (exact) mass is 397 g/mol. The molecule has 2 heterocycles. The zero-order valence-corrected chi connectivity index (χ0v) is 17.3. The molecule has 1 aliphatic rings. The van der Waals surface area contributed by atoms with Gasteiger partial charge in [-0.25, -0.2) is 9.48 Å². The molecule has 3 rings (SSSR count). The largest absolute Gasteiger partial charge is 0.350 e. The van der Waals surface area contributed by atoms with Crippen molar-refractivity contribution in [3.05, 3.63) is 47.3 Å². The van der Waals surface area contributed by atoms with Gasteiger partial charge in [0.1, 0.15) is 12.1 Å². The molecule has 1 aromatic heterocycles. The summed E-state index contributed by atoms with van der Waals surface area (Å²) in [7, 11) is 0. The molecule has 2 aromatic rings. The van der Waals surface area contributed by atoms with E-state index < -0.39 is 11.6 Å². The Morgan fingerprint density at radius 3 is 2.38 bits per heavy atom. The molecule has 1 fully saturated rings. The summed E-state index contributed by atoms with van der Waals surface area (Å²) in [4.78, 5) is 38.3. The minimum absolute atomic E-state index is 0.277. The van der Waals surface area contributed by atoms with Gasteiger partial charge in [0.25, 0.3) is 5.91 Å². The van der Waals surface area contributed by atoms with Gasteiger partial charge >= 0.3 is 6.03 Å². The lowest BCUT2D eigenvalue weighted by atomic mass is 9.93. The number of amides is 4. The van der Waals surface area contributed by atoms with Crippen molar-refractivity contribution < 1.29 is 14.4 Å². The second-order valence-corrected chi connectivity index (χ2v) is 7.28. The highest BCUT2D eigenvalue weighted by Gasteiger charge is 2.49. The molecule has 1 saturated heterocycles. The highest BCUT2D eigenvalue weighted by molar-refractivity contribution is 6.08. The molecule has 0 aliphatic carbocycles. The van der Waals surface area contributed by atoms with Gasteiger partial charge in [0, 0.05) is 17.8 Å². The van der Waals surface area contributed by atoms with E-state index in [0.717, 1.165) is 27.5 Å². The minimum atomic E-state index is -0.901. The van der Waals surface area contributed by atoms with Gasteiger partial charge in [-0.1, -0.05) is 32.0 Å². The van der Waals surface area contributed by atoms with Crippen molar-refractivity contribution in [2.45, 2.75) is 52.6 Å². The van der Waals surface area contributed by atoms with Crippen LogP contribution in [0.15, 0.2) is 30.3 Å². The first kappa shape index (κ1) is 20.6. The number of hydrogen-bond acceptors (Lipinski definition) is 4. The van der Waals surface area contributed by atoms with Crippen molar-refractivity contribution in [2.24, 2.45) is 0 Å². The number of urea groups is 1. The molecule has 0 spiro atoms. The molecular formula is C21H27N5O3. The average Bonchev–Trinajstić information content (AvgIpc) is 3.14. The fourth-order valence-electron chi connectivity index (χ4n) is 3.69. The van der Waals surface area contributed by atoms with E-state index in [1.807, 2.05) is 62.7 Å². The molecule has 0 saturated carbocycles. The highest BCUT2D eigenvalue weighted by Crippen LogP contribution is 2.24. The molecule has 0 atom stereocenters. The predicted molar refractivity (Wildman–Crippen MR) is 108 cm³/mol. The fraction of sp³-hybridized carbons (Fsp3) is 0.429. The third-order valence-corrected chi connectivity index (χ3v) is 5.66. The van der Waals surface area contributed by atoms with Gasteiger partial charge < -0.3 is 10.6 Å². The number of nitrogens with one attached hydrogen (secondary N) is 2. The second-order valence-electron chi connectivity index (χ2n) is 7.28. The lowest BCUT2D eigenvalue weighted by Gasteiger charge is -2.23. The van der Waals surface area contributed by atoms with E-state index in [4.69, 9.17) is 0 Å². The van der Waals surface area contributed by atoms with Crippen LogP contribution < -0.4 is 10.6 Å². The van der Waals surface area contributed by atoms with Crippen molar-refractivity contribution >= 4 is 17.8 Å². The van der Waals surface area contributed by atoms with E-state index in [2.05, 4.69) is 15.7 Å². The van der Waals surface area contributed by atoms with Crippen LogP contribution in [-0.2, 0) is 16.1 Å². The molecule has 2 N–H and O–H groups in total. The summed E-state index contributed by atoms with van der Waals surface area (Å²) in [5, 5.41) is 10.1. The summed E-state index contributed by atoms with van der Waals surface area (Å²) in [5.41, 5.74) is 2.70. The molecular weight excluding hydrogens is 370 g/mol. The Balaban J connectivity index is 1.67. The number of imide groups is 1. The summed E-state index contributed by atoms with van der Waals surface area (Å²) in [6.07, 6.45) is 0.979. The van der Waals surface area contributed by atoms with Gasteiger partial charge in [0.15, 0.2) is 0 Å². The molecule has 1 aliphatic heterocycles. The minimum Gasteiger partial charge on any atom is -0.350 e. The van der Waals surface area contributed by atoms with Crippen LogP contribution in [0.1, 0.15) is 43.6 Å². The second kappa shape index (κ2) is 8.06. The van der Waals surface area contributed by atoms with Crippen LogP contribution in [-0.4, -0.2) is 44.6 Å². The fourth-order valence-corrected chi connectivity index (χ4v) is 3.69. The van der Waals surface area contributed by atoms with Crippen LogP contribution in [0.3, 0.4) is 0 Å². The number of carbonyl (C=O) groups excluding carboxylic acids is 3. The Kier molecular flexibility index (Phi) is 5.72. The van der Waals surface area contributed by atoms with E-state index in [1.165, 1.54) is 0 Å². The number of aromatic nitrogens is 2. The number of para-hydroxylation sites is 1. The van der Waals surface area contributed by atoms with E-state index in [-0.39, 0.29) is 24.9 Å².